The van der Waals surface area contributed by atoms with Crippen LogP contribution in [0.1, 0.15) is 30.1 Å². The summed E-state index contributed by atoms with van der Waals surface area (Å²) in [5.74, 6) is -0.255. The van der Waals surface area contributed by atoms with E-state index in [9.17, 15) is 14.9 Å². The van der Waals surface area contributed by atoms with E-state index in [-0.39, 0.29) is 22.7 Å². The molecule has 0 spiro atoms. The maximum absolute atomic E-state index is 13.1. The lowest BCUT2D eigenvalue weighted by atomic mass is 10.0. The van der Waals surface area contributed by atoms with E-state index in [1.807, 2.05) is 72.9 Å². The van der Waals surface area contributed by atoms with Crippen LogP contribution in [0.5, 0.6) is 0 Å². The van der Waals surface area contributed by atoms with E-state index < -0.39 is 11.0 Å². The molecule has 0 aromatic heterocycles. The van der Waals surface area contributed by atoms with Crippen molar-refractivity contribution in [2.45, 2.75) is 19.0 Å². The number of nitro groups is 1. The van der Waals surface area contributed by atoms with Gasteiger partial charge in [0.05, 0.1) is 15.6 Å². The highest BCUT2D eigenvalue weighted by molar-refractivity contribution is 6.34. The second-order valence-corrected chi connectivity index (χ2v) is 7.10. The molecule has 6 nitrogen and oxygen atoms in total. The third-order valence-electron chi connectivity index (χ3n) is 4.67. The third-order valence-corrected chi connectivity index (χ3v) is 4.98. The summed E-state index contributed by atoms with van der Waals surface area (Å²) in [6.45, 7) is 2.04. The largest absolute Gasteiger partial charge is 0.326 e. The van der Waals surface area contributed by atoms with Gasteiger partial charge in [0, 0.05) is 23.3 Å². The first-order valence-corrected chi connectivity index (χ1v) is 9.53. The maximum Gasteiger partial charge on any atom is 0.287 e. The molecule has 148 valence electrons. The van der Waals surface area contributed by atoms with Gasteiger partial charge in [-0.25, -0.2) is 0 Å². The lowest BCUT2D eigenvalue weighted by Crippen LogP contribution is -2.87. The second kappa shape index (κ2) is 9.32. The summed E-state index contributed by atoms with van der Waals surface area (Å²) < 4.78 is 0. The fourth-order valence-electron chi connectivity index (χ4n) is 3.10. The number of hydrogen-bond acceptors (Lipinski definition) is 3. The molecule has 2 atom stereocenters. The molecule has 3 aromatic rings. The SMILES string of the molecule is C[C@@H]([NH2+][C@H](C(=O)Nc1ccc([N+](=O)[O-])cc1Cl)c1ccccc1)c1ccccc1. The number of nitrogens with one attached hydrogen (secondary N) is 1. The Hall–Kier alpha value is -3.22. The molecular formula is C22H21ClN3O3+. The van der Waals surface area contributed by atoms with Gasteiger partial charge in [-0.3, -0.25) is 14.9 Å². The summed E-state index contributed by atoms with van der Waals surface area (Å²) in [7, 11) is 0. The minimum atomic E-state index is -0.528. The fourth-order valence-corrected chi connectivity index (χ4v) is 3.32. The maximum atomic E-state index is 13.1. The van der Waals surface area contributed by atoms with Gasteiger partial charge < -0.3 is 10.6 Å². The number of carbonyl (C=O) groups is 1. The van der Waals surface area contributed by atoms with Crippen LogP contribution in [-0.4, -0.2) is 10.8 Å². The molecule has 0 saturated carbocycles. The first kappa shape index (κ1) is 20.5. The van der Waals surface area contributed by atoms with Crippen LogP contribution in [-0.2, 0) is 4.79 Å². The van der Waals surface area contributed by atoms with E-state index >= 15 is 0 Å². The molecule has 0 fully saturated rings. The second-order valence-electron chi connectivity index (χ2n) is 6.69. The normalized spacial score (nSPS) is 12.8. The monoisotopic (exact) mass is 410 g/mol. The first-order chi connectivity index (χ1) is 14.0. The zero-order valence-electron chi connectivity index (χ0n) is 15.8. The molecule has 0 radical (unpaired) electrons. The Balaban J connectivity index is 1.84. The van der Waals surface area contributed by atoms with Gasteiger partial charge in [-0.1, -0.05) is 72.3 Å². The average Bonchev–Trinajstić information content (AvgIpc) is 2.74. The van der Waals surface area contributed by atoms with Gasteiger partial charge in [-0.05, 0) is 13.0 Å². The van der Waals surface area contributed by atoms with Gasteiger partial charge >= 0.3 is 0 Å². The minimum Gasteiger partial charge on any atom is -0.326 e. The molecule has 3 rings (SSSR count). The molecule has 29 heavy (non-hydrogen) atoms. The van der Waals surface area contributed by atoms with E-state index in [1.54, 1.807) is 0 Å². The number of benzene rings is 3. The lowest BCUT2D eigenvalue weighted by Gasteiger charge is -2.20. The van der Waals surface area contributed by atoms with Gasteiger partial charge in [0.2, 0.25) is 0 Å². The standard InChI is InChI=1S/C22H20ClN3O3/c1-15(16-8-4-2-5-9-16)24-21(17-10-6-3-7-11-17)22(27)25-20-13-12-18(26(28)29)14-19(20)23/h2-15,21,24H,1H3,(H,25,27)/p+1/t15-,21+/m1/s1. The Morgan fingerprint density at radius 3 is 2.14 bits per heavy atom. The van der Waals surface area contributed by atoms with E-state index in [4.69, 9.17) is 11.6 Å². The Labute approximate surface area is 173 Å². The summed E-state index contributed by atoms with van der Waals surface area (Å²) in [5, 5.41) is 15.8. The molecule has 0 saturated heterocycles. The zero-order valence-corrected chi connectivity index (χ0v) is 16.5. The number of nitro benzene ring substituents is 1. The average molecular weight is 411 g/mol. The van der Waals surface area contributed by atoms with Gasteiger partial charge in [0.1, 0.15) is 6.04 Å². The highest BCUT2D eigenvalue weighted by Crippen LogP contribution is 2.27. The van der Waals surface area contributed by atoms with Crippen LogP contribution < -0.4 is 10.6 Å². The van der Waals surface area contributed by atoms with Crippen LogP contribution in [0.2, 0.25) is 5.02 Å². The smallest absolute Gasteiger partial charge is 0.287 e. The van der Waals surface area contributed by atoms with Crippen molar-refractivity contribution in [1.29, 1.82) is 0 Å². The predicted octanol–water partition coefficient (Wildman–Crippen LogP) is 4.25. The molecule has 0 aliphatic carbocycles. The van der Waals surface area contributed by atoms with Crippen LogP contribution in [0.25, 0.3) is 0 Å². The lowest BCUT2D eigenvalue weighted by molar-refractivity contribution is -0.718. The number of amides is 1. The first-order valence-electron chi connectivity index (χ1n) is 9.15. The van der Waals surface area contributed by atoms with Crippen molar-refractivity contribution in [3.05, 3.63) is 105 Å². The Morgan fingerprint density at radius 1 is 1.00 bits per heavy atom. The van der Waals surface area contributed by atoms with Crippen LogP contribution in [0.3, 0.4) is 0 Å². The predicted molar refractivity (Wildman–Crippen MR) is 113 cm³/mol. The molecule has 0 heterocycles. The number of halogens is 1. The number of non-ortho nitro benzene ring substituents is 1. The van der Waals surface area contributed by atoms with Gasteiger partial charge in [-0.2, -0.15) is 0 Å². The van der Waals surface area contributed by atoms with E-state index in [0.29, 0.717) is 5.69 Å². The summed E-state index contributed by atoms with van der Waals surface area (Å²) in [5.41, 5.74) is 2.17. The molecule has 0 aliphatic heterocycles. The number of carbonyl (C=O) groups excluding carboxylic acids is 1. The summed E-state index contributed by atoms with van der Waals surface area (Å²) >= 11 is 6.14. The van der Waals surface area contributed by atoms with Crippen molar-refractivity contribution in [3.8, 4) is 0 Å². The van der Waals surface area contributed by atoms with Crippen molar-refractivity contribution < 1.29 is 15.0 Å². The molecule has 0 aliphatic rings. The topological polar surface area (TPSA) is 88.8 Å². The number of rotatable bonds is 7. The Kier molecular flexibility index (Phi) is 6.59. The highest BCUT2D eigenvalue weighted by atomic mass is 35.5. The van der Waals surface area contributed by atoms with Crippen LogP contribution in [0, 0.1) is 10.1 Å². The van der Waals surface area contributed by atoms with Gasteiger partial charge in [0.25, 0.3) is 11.6 Å². The molecule has 0 bridgehead atoms. The third kappa shape index (κ3) is 5.19. The van der Waals surface area contributed by atoms with Crippen molar-refractivity contribution in [3.63, 3.8) is 0 Å². The number of nitrogens with zero attached hydrogens (tertiary/aromatic N) is 1. The summed E-state index contributed by atoms with van der Waals surface area (Å²) in [6, 6.07) is 22.9. The van der Waals surface area contributed by atoms with Crippen molar-refractivity contribution >= 4 is 28.9 Å². The van der Waals surface area contributed by atoms with E-state index in [0.717, 1.165) is 11.1 Å². The number of nitrogens with two attached hydrogens (primary N) is 1. The van der Waals surface area contributed by atoms with Gasteiger partial charge in [-0.15, -0.1) is 0 Å². The van der Waals surface area contributed by atoms with E-state index in [1.165, 1.54) is 18.2 Å². The van der Waals surface area contributed by atoms with Crippen molar-refractivity contribution in [2.24, 2.45) is 0 Å². The van der Waals surface area contributed by atoms with E-state index in [2.05, 4.69) is 5.32 Å². The highest BCUT2D eigenvalue weighted by Gasteiger charge is 2.27. The summed E-state index contributed by atoms with van der Waals surface area (Å²) in [6.07, 6.45) is 0. The molecule has 3 aromatic carbocycles. The molecule has 0 unspecified atom stereocenters. The quantitative estimate of drug-likeness (QED) is 0.450. The van der Waals surface area contributed by atoms with Crippen LogP contribution >= 0.6 is 11.6 Å². The van der Waals surface area contributed by atoms with Crippen LogP contribution in [0.15, 0.2) is 78.9 Å². The molecule has 3 N–H and O–H groups in total. The summed E-state index contributed by atoms with van der Waals surface area (Å²) in [4.78, 5) is 23.5. The molecule has 7 heteroatoms. The molecular weight excluding hydrogens is 390 g/mol. The van der Waals surface area contributed by atoms with Crippen molar-refractivity contribution in [2.75, 3.05) is 5.32 Å². The number of hydrogen-bond donors (Lipinski definition) is 2. The van der Waals surface area contributed by atoms with Crippen molar-refractivity contribution in [1.82, 2.24) is 0 Å². The Bertz CT molecular complexity index is 997. The van der Waals surface area contributed by atoms with Gasteiger partial charge in [0.15, 0.2) is 6.04 Å². The zero-order chi connectivity index (χ0) is 20.8. The number of anilines is 1. The number of quaternary nitrogens is 1. The fraction of sp³-hybridized carbons (Fsp3) is 0.136. The molecule has 1 amide bonds. The minimum absolute atomic E-state index is 0.0412. The Morgan fingerprint density at radius 2 is 1.59 bits per heavy atom. The van der Waals surface area contributed by atoms with Crippen LogP contribution in [0.4, 0.5) is 11.4 Å².